The number of nitrogens with two attached hydrogens (primary N) is 1. The van der Waals surface area contributed by atoms with Crippen molar-refractivity contribution in [2.24, 2.45) is 5.73 Å². The summed E-state index contributed by atoms with van der Waals surface area (Å²) in [5.74, 6) is 0. The van der Waals surface area contributed by atoms with Crippen molar-refractivity contribution >= 4 is 6.09 Å². The fraction of sp³-hybridized carbons (Fsp3) is 0.909. The zero-order valence-electron chi connectivity index (χ0n) is 10.9. The first-order chi connectivity index (χ1) is 7.20. The Kier molecular flexibility index (Phi) is 6.36. The highest BCUT2D eigenvalue weighted by Gasteiger charge is 2.16. The van der Waals surface area contributed by atoms with E-state index < -0.39 is 11.7 Å². The smallest absolute Gasteiger partial charge is 0.407 e. The predicted octanol–water partition coefficient (Wildman–Crippen LogP) is 1.26. The Morgan fingerprint density at radius 3 is 2.38 bits per heavy atom. The van der Waals surface area contributed by atoms with Gasteiger partial charge in [0.25, 0.3) is 0 Å². The number of ether oxygens (including phenoxy) is 2. The van der Waals surface area contributed by atoms with E-state index in [4.69, 9.17) is 15.2 Å². The van der Waals surface area contributed by atoms with Crippen molar-refractivity contribution in [3.8, 4) is 0 Å². The van der Waals surface area contributed by atoms with Crippen molar-refractivity contribution in [3.05, 3.63) is 0 Å². The van der Waals surface area contributed by atoms with E-state index in [-0.39, 0.29) is 12.1 Å². The highest BCUT2D eigenvalue weighted by atomic mass is 16.6. The van der Waals surface area contributed by atoms with Gasteiger partial charge in [-0.05, 0) is 34.6 Å². The van der Waals surface area contributed by atoms with E-state index in [1.54, 1.807) is 0 Å². The molecule has 0 aliphatic rings. The molecule has 0 bridgehead atoms. The molecule has 0 fully saturated rings. The molecule has 0 aromatic carbocycles. The number of nitrogens with one attached hydrogen (secondary N) is 1. The highest BCUT2D eigenvalue weighted by Crippen LogP contribution is 2.06. The molecule has 1 amide bonds. The molecule has 0 radical (unpaired) electrons. The molecule has 3 N–H and O–H groups in total. The predicted molar refractivity (Wildman–Crippen MR) is 63.3 cm³/mol. The number of carbonyl (C=O) groups excluding carboxylic acids is 1. The largest absolute Gasteiger partial charge is 0.444 e. The number of carbonyl (C=O) groups is 1. The van der Waals surface area contributed by atoms with Crippen LogP contribution in [0.1, 0.15) is 34.6 Å². The van der Waals surface area contributed by atoms with Gasteiger partial charge in [-0.25, -0.2) is 4.79 Å². The van der Waals surface area contributed by atoms with E-state index in [0.29, 0.717) is 13.2 Å². The fourth-order valence-corrected chi connectivity index (χ4v) is 0.904. The number of rotatable bonds is 5. The van der Waals surface area contributed by atoms with Crippen molar-refractivity contribution < 1.29 is 14.3 Å². The van der Waals surface area contributed by atoms with E-state index in [1.807, 2.05) is 34.6 Å². The number of amides is 1. The third kappa shape index (κ3) is 9.73. The summed E-state index contributed by atoms with van der Waals surface area (Å²) in [7, 11) is 0. The van der Waals surface area contributed by atoms with Crippen LogP contribution in [0, 0.1) is 0 Å². The second-order valence-electron chi connectivity index (χ2n) is 5.02. The number of hydrogen-bond acceptors (Lipinski definition) is 4. The van der Waals surface area contributed by atoms with Crippen LogP contribution in [0.3, 0.4) is 0 Å². The maximum absolute atomic E-state index is 11.3. The zero-order chi connectivity index (χ0) is 12.8. The lowest BCUT2D eigenvalue weighted by atomic mass is 10.2. The van der Waals surface area contributed by atoms with Crippen molar-refractivity contribution in [2.45, 2.75) is 52.4 Å². The van der Waals surface area contributed by atoms with Crippen molar-refractivity contribution in [3.63, 3.8) is 0 Å². The van der Waals surface area contributed by atoms with E-state index in [9.17, 15) is 4.79 Å². The van der Waals surface area contributed by atoms with Crippen LogP contribution < -0.4 is 11.1 Å². The zero-order valence-corrected chi connectivity index (χ0v) is 10.9. The van der Waals surface area contributed by atoms with Crippen molar-refractivity contribution in [2.75, 3.05) is 13.2 Å². The first kappa shape index (κ1) is 15.2. The minimum atomic E-state index is -0.484. The van der Waals surface area contributed by atoms with Crippen molar-refractivity contribution in [1.82, 2.24) is 5.32 Å². The summed E-state index contributed by atoms with van der Waals surface area (Å²) in [6.45, 7) is 10.1. The third-order valence-electron chi connectivity index (χ3n) is 1.55. The monoisotopic (exact) mass is 232 g/mol. The van der Waals surface area contributed by atoms with E-state index in [2.05, 4.69) is 5.32 Å². The molecule has 5 heteroatoms. The molecule has 0 saturated carbocycles. The minimum absolute atomic E-state index is 0.146. The minimum Gasteiger partial charge on any atom is -0.444 e. The molecule has 5 nitrogen and oxygen atoms in total. The van der Waals surface area contributed by atoms with Crippen LogP contribution in [0.25, 0.3) is 0 Å². The normalized spacial score (nSPS) is 13.7. The molecule has 1 atom stereocenters. The van der Waals surface area contributed by atoms with Crippen LogP contribution in [0.5, 0.6) is 0 Å². The molecule has 0 aromatic rings. The van der Waals surface area contributed by atoms with Gasteiger partial charge < -0.3 is 20.5 Å². The van der Waals surface area contributed by atoms with Gasteiger partial charge >= 0.3 is 6.09 Å². The van der Waals surface area contributed by atoms with Crippen LogP contribution in [-0.4, -0.2) is 37.0 Å². The molecular weight excluding hydrogens is 208 g/mol. The number of hydrogen-bond donors (Lipinski definition) is 2. The third-order valence-corrected chi connectivity index (χ3v) is 1.55. The van der Waals surface area contributed by atoms with Crippen LogP contribution >= 0.6 is 0 Å². The second-order valence-corrected chi connectivity index (χ2v) is 5.02. The summed E-state index contributed by atoms with van der Waals surface area (Å²) in [6.07, 6.45) is -0.305. The molecule has 0 aliphatic heterocycles. The maximum atomic E-state index is 11.3. The lowest BCUT2D eigenvalue weighted by Crippen LogP contribution is -2.42. The van der Waals surface area contributed by atoms with Gasteiger partial charge in [-0.15, -0.1) is 0 Å². The molecular formula is C11H24N2O3. The quantitative estimate of drug-likeness (QED) is 0.748. The van der Waals surface area contributed by atoms with Crippen molar-refractivity contribution in [1.29, 1.82) is 0 Å². The number of alkyl carbamates (subject to hydrolysis) is 1. The Morgan fingerprint density at radius 1 is 1.38 bits per heavy atom. The van der Waals surface area contributed by atoms with Gasteiger partial charge in [-0.1, -0.05) is 0 Å². The molecule has 0 aromatic heterocycles. The molecule has 16 heavy (non-hydrogen) atoms. The Morgan fingerprint density at radius 2 is 1.94 bits per heavy atom. The van der Waals surface area contributed by atoms with E-state index in [0.717, 1.165) is 0 Å². The first-order valence-corrected chi connectivity index (χ1v) is 5.54. The van der Waals surface area contributed by atoms with E-state index in [1.165, 1.54) is 0 Å². The Bertz CT molecular complexity index is 212. The van der Waals surface area contributed by atoms with Gasteiger partial charge in [0.2, 0.25) is 0 Å². The molecule has 96 valence electrons. The second kappa shape index (κ2) is 6.70. The van der Waals surface area contributed by atoms with Crippen LogP contribution in [0.15, 0.2) is 0 Å². The van der Waals surface area contributed by atoms with E-state index >= 15 is 0 Å². The maximum Gasteiger partial charge on any atom is 0.407 e. The first-order valence-electron chi connectivity index (χ1n) is 5.54. The van der Waals surface area contributed by atoms with Gasteiger partial charge in [-0.2, -0.15) is 0 Å². The lowest BCUT2D eigenvalue weighted by Gasteiger charge is -2.21. The molecule has 1 unspecified atom stereocenters. The van der Waals surface area contributed by atoms with Crippen LogP contribution in [0.2, 0.25) is 0 Å². The Hall–Kier alpha value is -0.810. The molecule has 0 heterocycles. The molecule has 0 aliphatic carbocycles. The average molecular weight is 232 g/mol. The molecule has 0 saturated heterocycles. The summed E-state index contributed by atoms with van der Waals surface area (Å²) in [6, 6.07) is -0.213. The molecule has 0 rings (SSSR count). The van der Waals surface area contributed by atoms with Crippen LogP contribution in [-0.2, 0) is 9.47 Å². The van der Waals surface area contributed by atoms with Gasteiger partial charge in [0.1, 0.15) is 5.60 Å². The Labute approximate surface area is 97.7 Å². The van der Waals surface area contributed by atoms with Gasteiger partial charge in [-0.3, -0.25) is 0 Å². The summed E-state index contributed by atoms with van der Waals surface area (Å²) < 4.78 is 10.4. The summed E-state index contributed by atoms with van der Waals surface area (Å²) in [4.78, 5) is 11.3. The highest BCUT2D eigenvalue weighted by molar-refractivity contribution is 5.67. The fourth-order valence-electron chi connectivity index (χ4n) is 0.904. The SMILES string of the molecule is CC(C)OCC(N)CNC(=O)OC(C)(C)C. The molecule has 0 spiro atoms. The van der Waals surface area contributed by atoms with Gasteiger partial charge in [0, 0.05) is 12.6 Å². The average Bonchev–Trinajstić information content (AvgIpc) is 2.08. The lowest BCUT2D eigenvalue weighted by molar-refractivity contribution is 0.0486. The topological polar surface area (TPSA) is 73.6 Å². The summed E-state index contributed by atoms with van der Waals surface area (Å²) in [5.41, 5.74) is 5.26. The van der Waals surface area contributed by atoms with Gasteiger partial charge in [0.15, 0.2) is 0 Å². The Balaban J connectivity index is 3.67. The van der Waals surface area contributed by atoms with Crippen LogP contribution in [0.4, 0.5) is 4.79 Å². The summed E-state index contributed by atoms with van der Waals surface area (Å²) in [5, 5.41) is 2.60. The standard InChI is InChI=1S/C11H24N2O3/c1-8(2)15-7-9(12)6-13-10(14)16-11(3,4)5/h8-9H,6-7,12H2,1-5H3,(H,13,14). The van der Waals surface area contributed by atoms with Gasteiger partial charge in [0.05, 0.1) is 12.7 Å². The summed E-state index contributed by atoms with van der Waals surface area (Å²) >= 11 is 0.